The number of rotatable bonds is 18. The maximum atomic E-state index is 12.5. The van der Waals surface area contributed by atoms with E-state index in [1.807, 2.05) is 0 Å². The third-order valence-corrected chi connectivity index (χ3v) is 5.17. The standard InChI is InChI=1S/C24H43N3O8/c1-17(28)15-35-14-13-34-12-11-26-20(31)24(6,7)27-18(29)9-8-10-25-19(30)22(2,3)16-23(4,5)21(32)33/h8-16H2,1-7H3,(H,25,30)(H,26,31)(H,27,29)(H,32,33). The van der Waals surface area contributed by atoms with Crippen LogP contribution in [0.2, 0.25) is 0 Å². The molecule has 0 aliphatic heterocycles. The van der Waals surface area contributed by atoms with Crippen molar-refractivity contribution in [3.8, 4) is 0 Å². The summed E-state index contributed by atoms with van der Waals surface area (Å²) in [7, 11) is 0. The van der Waals surface area contributed by atoms with Crippen LogP contribution < -0.4 is 16.0 Å². The Morgan fingerprint density at radius 3 is 1.91 bits per heavy atom. The van der Waals surface area contributed by atoms with E-state index in [2.05, 4.69) is 16.0 Å². The van der Waals surface area contributed by atoms with E-state index in [-0.39, 0.29) is 69.3 Å². The second-order valence-corrected chi connectivity index (χ2v) is 10.4. The lowest BCUT2D eigenvalue weighted by Gasteiger charge is -2.31. The van der Waals surface area contributed by atoms with Gasteiger partial charge in [0, 0.05) is 24.9 Å². The van der Waals surface area contributed by atoms with Crippen molar-refractivity contribution in [3.05, 3.63) is 0 Å². The first-order chi connectivity index (χ1) is 16.0. The average Bonchev–Trinajstić information content (AvgIpc) is 2.71. The van der Waals surface area contributed by atoms with E-state index in [4.69, 9.17) is 9.47 Å². The van der Waals surface area contributed by atoms with Crippen molar-refractivity contribution in [3.63, 3.8) is 0 Å². The zero-order chi connectivity index (χ0) is 27.3. The van der Waals surface area contributed by atoms with E-state index in [0.29, 0.717) is 13.0 Å². The summed E-state index contributed by atoms with van der Waals surface area (Å²) >= 11 is 0. The number of ketones is 1. The van der Waals surface area contributed by atoms with Crippen LogP contribution in [0.5, 0.6) is 0 Å². The van der Waals surface area contributed by atoms with Gasteiger partial charge in [-0.3, -0.25) is 24.0 Å². The lowest BCUT2D eigenvalue weighted by molar-refractivity contribution is -0.150. The van der Waals surface area contributed by atoms with Crippen LogP contribution in [-0.2, 0) is 33.4 Å². The lowest BCUT2D eigenvalue weighted by atomic mass is 9.74. The monoisotopic (exact) mass is 501 g/mol. The van der Waals surface area contributed by atoms with Crippen LogP contribution >= 0.6 is 0 Å². The number of Topliss-reactive ketones (excluding diaryl/α,β-unsaturated/α-hetero) is 1. The van der Waals surface area contributed by atoms with Crippen LogP contribution in [-0.4, -0.2) is 79.6 Å². The molecule has 0 rings (SSSR count). The fourth-order valence-electron chi connectivity index (χ4n) is 3.31. The summed E-state index contributed by atoms with van der Waals surface area (Å²) in [6.07, 6.45) is 0.651. The van der Waals surface area contributed by atoms with Gasteiger partial charge >= 0.3 is 5.97 Å². The Hall–Kier alpha value is -2.53. The zero-order valence-corrected chi connectivity index (χ0v) is 22.2. The van der Waals surface area contributed by atoms with E-state index in [0.717, 1.165) is 0 Å². The van der Waals surface area contributed by atoms with E-state index in [1.165, 1.54) is 6.92 Å². The fraction of sp³-hybridized carbons (Fsp3) is 0.792. The van der Waals surface area contributed by atoms with Gasteiger partial charge in [0.1, 0.15) is 12.1 Å². The third-order valence-electron chi connectivity index (χ3n) is 5.17. The summed E-state index contributed by atoms with van der Waals surface area (Å²) in [5.41, 5.74) is -3.05. The van der Waals surface area contributed by atoms with Crippen molar-refractivity contribution < 1.29 is 38.6 Å². The van der Waals surface area contributed by atoms with Crippen LogP contribution in [0.25, 0.3) is 0 Å². The number of ether oxygens (including phenoxy) is 2. The Kier molecular flexibility index (Phi) is 13.7. The molecule has 11 nitrogen and oxygen atoms in total. The van der Waals surface area contributed by atoms with Crippen LogP contribution in [0.15, 0.2) is 0 Å². The highest BCUT2D eigenvalue weighted by Crippen LogP contribution is 2.34. The fourth-order valence-corrected chi connectivity index (χ4v) is 3.31. The van der Waals surface area contributed by atoms with Gasteiger partial charge in [-0.15, -0.1) is 0 Å². The summed E-state index contributed by atoms with van der Waals surface area (Å²) < 4.78 is 10.4. The van der Waals surface area contributed by atoms with E-state index < -0.39 is 22.3 Å². The largest absolute Gasteiger partial charge is 0.481 e. The van der Waals surface area contributed by atoms with Crippen molar-refractivity contribution >= 4 is 29.5 Å². The van der Waals surface area contributed by atoms with E-state index in [1.54, 1.807) is 41.5 Å². The number of carboxylic acids is 1. The minimum absolute atomic E-state index is 0.0451. The number of amides is 3. The smallest absolute Gasteiger partial charge is 0.309 e. The molecule has 0 heterocycles. The number of nitrogens with one attached hydrogen (secondary N) is 3. The van der Waals surface area contributed by atoms with Gasteiger partial charge in [-0.1, -0.05) is 13.8 Å². The predicted molar refractivity (Wildman–Crippen MR) is 130 cm³/mol. The topological polar surface area (TPSA) is 160 Å². The Morgan fingerprint density at radius 1 is 0.771 bits per heavy atom. The van der Waals surface area contributed by atoms with Crippen molar-refractivity contribution in [2.24, 2.45) is 10.8 Å². The summed E-state index contributed by atoms with van der Waals surface area (Å²) in [5, 5.41) is 17.4. The SMILES string of the molecule is CC(=O)COCCOCCNC(=O)C(C)(C)NC(=O)CCCNC(=O)C(C)(C)CC(C)(C)C(=O)O. The lowest BCUT2D eigenvalue weighted by Crippen LogP contribution is -2.55. The van der Waals surface area contributed by atoms with Gasteiger partial charge in [-0.2, -0.15) is 0 Å². The average molecular weight is 502 g/mol. The molecule has 0 unspecified atom stereocenters. The molecular weight excluding hydrogens is 458 g/mol. The molecule has 0 bridgehead atoms. The molecule has 0 aliphatic carbocycles. The number of hydrogen-bond acceptors (Lipinski definition) is 7. The molecule has 0 radical (unpaired) electrons. The molecule has 4 N–H and O–H groups in total. The molecule has 0 saturated heterocycles. The maximum absolute atomic E-state index is 12.5. The van der Waals surface area contributed by atoms with Crippen molar-refractivity contribution in [2.75, 3.05) is 39.5 Å². The van der Waals surface area contributed by atoms with Gasteiger partial charge in [0.2, 0.25) is 17.7 Å². The molecule has 0 aromatic rings. The van der Waals surface area contributed by atoms with Crippen LogP contribution in [0.1, 0.15) is 67.7 Å². The van der Waals surface area contributed by atoms with Crippen molar-refractivity contribution in [1.82, 2.24) is 16.0 Å². The highest BCUT2D eigenvalue weighted by Gasteiger charge is 2.38. The van der Waals surface area contributed by atoms with Gasteiger partial charge in [0.25, 0.3) is 0 Å². The Bertz CT molecular complexity index is 747. The van der Waals surface area contributed by atoms with Crippen LogP contribution in [0, 0.1) is 10.8 Å². The van der Waals surface area contributed by atoms with Crippen molar-refractivity contribution in [1.29, 1.82) is 0 Å². The molecule has 0 aromatic heterocycles. The molecule has 0 aliphatic rings. The van der Waals surface area contributed by atoms with E-state index >= 15 is 0 Å². The minimum atomic E-state index is -1.13. The second kappa shape index (κ2) is 14.8. The highest BCUT2D eigenvalue weighted by molar-refractivity contribution is 5.90. The summed E-state index contributed by atoms with van der Waals surface area (Å²) in [6, 6.07) is 0. The third kappa shape index (κ3) is 13.8. The Labute approximate surface area is 208 Å². The first-order valence-corrected chi connectivity index (χ1v) is 11.8. The molecular formula is C24H43N3O8. The summed E-state index contributed by atoms with van der Waals surface area (Å²) in [5.74, 6) is -2.00. The first-order valence-electron chi connectivity index (χ1n) is 11.8. The van der Waals surface area contributed by atoms with Crippen LogP contribution in [0.4, 0.5) is 0 Å². The van der Waals surface area contributed by atoms with Gasteiger partial charge in [0.15, 0.2) is 5.78 Å². The molecule has 0 fully saturated rings. The summed E-state index contributed by atoms with van der Waals surface area (Å²) in [4.78, 5) is 59.2. The van der Waals surface area contributed by atoms with Gasteiger partial charge in [0.05, 0.1) is 25.2 Å². The van der Waals surface area contributed by atoms with Crippen molar-refractivity contribution in [2.45, 2.75) is 73.3 Å². The molecule has 0 aromatic carbocycles. The van der Waals surface area contributed by atoms with Gasteiger partial charge < -0.3 is 30.5 Å². The number of carbonyl (C=O) groups excluding carboxylic acids is 4. The molecule has 35 heavy (non-hydrogen) atoms. The molecule has 3 amide bonds. The number of aliphatic carboxylic acids is 1. The first kappa shape index (κ1) is 32.5. The number of carboxylic acid groups (broad SMARTS) is 1. The highest BCUT2D eigenvalue weighted by atomic mass is 16.5. The molecule has 0 spiro atoms. The second-order valence-electron chi connectivity index (χ2n) is 10.4. The molecule has 0 saturated carbocycles. The normalized spacial score (nSPS) is 12.1. The number of hydrogen-bond donors (Lipinski definition) is 4. The quantitative estimate of drug-likeness (QED) is 0.203. The zero-order valence-electron chi connectivity index (χ0n) is 22.2. The predicted octanol–water partition coefficient (Wildman–Crippen LogP) is 1.04. The Balaban J connectivity index is 4.22. The number of carbonyl (C=O) groups is 5. The van der Waals surface area contributed by atoms with Crippen LogP contribution in [0.3, 0.4) is 0 Å². The molecule has 202 valence electrons. The maximum Gasteiger partial charge on any atom is 0.309 e. The molecule has 11 heteroatoms. The Morgan fingerprint density at radius 2 is 1.34 bits per heavy atom. The van der Waals surface area contributed by atoms with Gasteiger partial charge in [-0.05, 0) is 47.5 Å². The van der Waals surface area contributed by atoms with Gasteiger partial charge in [-0.25, -0.2) is 0 Å². The van der Waals surface area contributed by atoms with E-state index in [9.17, 15) is 29.1 Å². The summed E-state index contributed by atoms with van der Waals surface area (Å²) in [6.45, 7) is 12.5. The minimum Gasteiger partial charge on any atom is -0.481 e. The molecule has 0 atom stereocenters.